The number of carbonyl (C=O) groups is 3. The Hall–Kier alpha value is -2.38. The standard InChI is InChI=1S/C18H28N4O4/c1-2-3-9-15(18(25)26)21-17(24)13-10-19-22(11-13)12-16(23)20-14-7-5-4-6-8-14/h10-11,14-15H,2-9,12H2,1H3,(H,20,23)(H,21,24)(H,25,26). The summed E-state index contributed by atoms with van der Waals surface area (Å²) in [5.41, 5.74) is 0.248. The number of aromatic nitrogens is 2. The third-order valence-corrected chi connectivity index (χ3v) is 4.62. The van der Waals surface area contributed by atoms with Crippen molar-refractivity contribution < 1.29 is 19.5 Å². The van der Waals surface area contributed by atoms with E-state index < -0.39 is 17.9 Å². The number of carboxylic acids is 1. The molecule has 3 N–H and O–H groups in total. The Kier molecular flexibility index (Phi) is 7.62. The molecule has 2 rings (SSSR count). The van der Waals surface area contributed by atoms with Crippen LogP contribution in [-0.2, 0) is 16.1 Å². The maximum atomic E-state index is 12.2. The quantitative estimate of drug-likeness (QED) is 0.617. The van der Waals surface area contributed by atoms with Crippen LogP contribution in [0.15, 0.2) is 12.4 Å². The number of nitrogens with zero attached hydrogens (tertiary/aromatic N) is 2. The van der Waals surface area contributed by atoms with Crippen LogP contribution in [0.1, 0.15) is 68.6 Å². The lowest BCUT2D eigenvalue weighted by atomic mass is 9.95. The average molecular weight is 364 g/mol. The van der Waals surface area contributed by atoms with Crippen molar-refractivity contribution in [3.05, 3.63) is 18.0 Å². The second-order valence-corrected chi connectivity index (χ2v) is 6.84. The van der Waals surface area contributed by atoms with Crippen molar-refractivity contribution in [2.45, 2.75) is 76.9 Å². The molecule has 8 nitrogen and oxygen atoms in total. The van der Waals surface area contributed by atoms with Gasteiger partial charge in [-0.2, -0.15) is 5.10 Å². The Morgan fingerprint density at radius 1 is 1.31 bits per heavy atom. The van der Waals surface area contributed by atoms with Gasteiger partial charge >= 0.3 is 5.97 Å². The summed E-state index contributed by atoms with van der Waals surface area (Å²) in [5, 5.41) is 18.7. The molecule has 0 spiro atoms. The van der Waals surface area contributed by atoms with Crippen LogP contribution in [-0.4, -0.2) is 44.8 Å². The summed E-state index contributed by atoms with van der Waals surface area (Å²) in [4.78, 5) is 35.5. The van der Waals surface area contributed by atoms with Crippen LogP contribution in [0.3, 0.4) is 0 Å². The van der Waals surface area contributed by atoms with Gasteiger partial charge in [0.05, 0.1) is 11.8 Å². The average Bonchev–Trinajstić information content (AvgIpc) is 3.07. The molecular formula is C18H28N4O4. The number of unbranched alkanes of at least 4 members (excludes halogenated alkanes) is 1. The van der Waals surface area contributed by atoms with Gasteiger partial charge in [0.2, 0.25) is 5.91 Å². The number of amides is 2. The van der Waals surface area contributed by atoms with Crippen molar-refractivity contribution in [1.29, 1.82) is 0 Å². The summed E-state index contributed by atoms with van der Waals surface area (Å²) in [6, 6.07) is -0.690. The van der Waals surface area contributed by atoms with E-state index >= 15 is 0 Å². The number of aliphatic carboxylic acids is 1. The summed E-state index contributed by atoms with van der Waals surface area (Å²) in [6.45, 7) is 2.01. The van der Waals surface area contributed by atoms with Crippen molar-refractivity contribution in [2.75, 3.05) is 0 Å². The number of hydrogen-bond acceptors (Lipinski definition) is 4. The Morgan fingerprint density at radius 3 is 2.69 bits per heavy atom. The first-order valence-corrected chi connectivity index (χ1v) is 9.35. The molecule has 0 bridgehead atoms. The highest BCUT2D eigenvalue weighted by Gasteiger charge is 2.21. The molecule has 0 radical (unpaired) electrons. The van der Waals surface area contributed by atoms with Gasteiger partial charge in [0.25, 0.3) is 5.91 Å². The van der Waals surface area contributed by atoms with Crippen molar-refractivity contribution >= 4 is 17.8 Å². The van der Waals surface area contributed by atoms with Gasteiger partial charge < -0.3 is 15.7 Å². The SMILES string of the molecule is CCCCC(NC(=O)c1cnn(CC(=O)NC2CCCCC2)c1)C(=O)O. The van der Waals surface area contributed by atoms with Crippen LogP contribution < -0.4 is 10.6 Å². The van der Waals surface area contributed by atoms with Gasteiger partial charge in [0.1, 0.15) is 12.6 Å². The highest BCUT2D eigenvalue weighted by Crippen LogP contribution is 2.17. The monoisotopic (exact) mass is 364 g/mol. The fourth-order valence-electron chi connectivity index (χ4n) is 3.14. The van der Waals surface area contributed by atoms with E-state index in [0.29, 0.717) is 6.42 Å². The molecule has 1 fully saturated rings. The summed E-state index contributed by atoms with van der Waals surface area (Å²) in [6.07, 6.45) is 10.3. The van der Waals surface area contributed by atoms with Gasteiger partial charge in [-0.1, -0.05) is 39.0 Å². The number of nitrogens with one attached hydrogen (secondary N) is 2. The van der Waals surface area contributed by atoms with E-state index in [1.807, 2.05) is 6.92 Å². The minimum Gasteiger partial charge on any atom is -0.480 e. The minimum absolute atomic E-state index is 0.0436. The number of carbonyl (C=O) groups excluding carboxylic acids is 2. The third-order valence-electron chi connectivity index (χ3n) is 4.62. The lowest BCUT2D eigenvalue weighted by molar-refractivity contribution is -0.139. The molecule has 2 amide bonds. The summed E-state index contributed by atoms with van der Waals surface area (Å²) < 4.78 is 1.40. The van der Waals surface area contributed by atoms with E-state index in [-0.39, 0.29) is 24.1 Å². The van der Waals surface area contributed by atoms with Crippen molar-refractivity contribution in [1.82, 2.24) is 20.4 Å². The molecule has 1 aromatic heterocycles. The molecule has 1 aliphatic rings. The van der Waals surface area contributed by atoms with Gasteiger partial charge in [0.15, 0.2) is 0 Å². The first-order valence-electron chi connectivity index (χ1n) is 9.35. The predicted octanol–water partition coefficient (Wildman–Crippen LogP) is 1.71. The highest BCUT2D eigenvalue weighted by molar-refractivity contribution is 5.96. The molecule has 1 saturated carbocycles. The minimum atomic E-state index is -1.05. The maximum absolute atomic E-state index is 12.2. The zero-order chi connectivity index (χ0) is 18.9. The number of rotatable bonds is 9. The van der Waals surface area contributed by atoms with Gasteiger partial charge in [-0.3, -0.25) is 14.3 Å². The first-order chi connectivity index (χ1) is 12.5. The highest BCUT2D eigenvalue weighted by atomic mass is 16.4. The largest absolute Gasteiger partial charge is 0.480 e. The van der Waals surface area contributed by atoms with Crippen LogP contribution in [0.4, 0.5) is 0 Å². The molecule has 26 heavy (non-hydrogen) atoms. The first kappa shape index (κ1) is 19.9. The van der Waals surface area contributed by atoms with E-state index in [1.165, 1.54) is 23.5 Å². The van der Waals surface area contributed by atoms with E-state index in [9.17, 15) is 19.5 Å². The van der Waals surface area contributed by atoms with Crippen LogP contribution in [0.2, 0.25) is 0 Å². The maximum Gasteiger partial charge on any atom is 0.326 e. The van der Waals surface area contributed by atoms with Crippen molar-refractivity contribution in [2.24, 2.45) is 0 Å². The van der Waals surface area contributed by atoms with E-state index in [0.717, 1.165) is 38.5 Å². The van der Waals surface area contributed by atoms with Gasteiger partial charge in [-0.25, -0.2) is 4.79 Å². The van der Waals surface area contributed by atoms with Crippen molar-refractivity contribution in [3.63, 3.8) is 0 Å². The second kappa shape index (κ2) is 9.94. The van der Waals surface area contributed by atoms with Crippen LogP contribution in [0.5, 0.6) is 0 Å². The fraction of sp³-hybridized carbons (Fsp3) is 0.667. The Balaban J connectivity index is 1.86. The Bertz CT molecular complexity index is 622. The zero-order valence-corrected chi connectivity index (χ0v) is 15.2. The zero-order valence-electron chi connectivity index (χ0n) is 15.2. The molecule has 0 aliphatic heterocycles. The molecule has 1 heterocycles. The lowest BCUT2D eigenvalue weighted by Crippen LogP contribution is -2.40. The van der Waals surface area contributed by atoms with Crippen LogP contribution in [0.25, 0.3) is 0 Å². The fourth-order valence-corrected chi connectivity index (χ4v) is 3.14. The van der Waals surface area contributed by atoms with Gasteiger partial charge in [-0.15, -0.1) is 0 Å². The van der Waals surface area contributed by atoms with Gasteiger partial charge in [-0.05, 0) is 19.3 Å². The lowest BCUT2D eigenvalue weighted by Gasteiger charge is -2.22. The Morgan fingerprint density at radius 2 is 2.04 bits per heavy atom. The molecule has 1 aliphatic carbocycles. The Labute approximate surface area is 153 Å². The van der Waals surface area contributed by atoms with Crippen molar-refractivity contribution in [3.8, 4) is 0 Å². The molecule has 0 saturated heterocycles. The van der Waals surface area contributed by atoms with Gasteiger partial charge in [0, 0.05) is 12.2 Å². The predicted molar refractivity (Wildman–Crippen MR) is 95.7 cm³/mol. The molecule has 8 heteroatoms. The molecule has 1 atom stereocenters. The van der Waals surface area contributed by atoms with E-state index in [2.05, 4.69) is 15.7 Å². The summed E-state index contributed by atoms with van der Waals surface area (Å²) >= 11 is 0. The number of carboxylic acid groups (broad SMARTS) is 1. The summed E-state index contributed by atoms with van der Waals surface area (Å²) in [7, 11) is 0. The van der Waals surface area contributed by atoms with E-state index in [1.54, 1.807) is 0 Å². The number of hydrogen-bond donors (Lipinski definition) is 3. The summed E-state index contributed by atoms with van der Waals surface area (Å²) in [5.74, 6) is -1.67. The van der Waals surface area contributed by atoms with E-state index in [4.69, 9.17) is 0 Å². The van der Waals surface area contributed by atoms with Crippen LogP contribution >= 0.6 is 0 Å². The molecular weight excluding hydrogens is 336 g/mol. The molecule has 1 unspecified atom stereocenters. The van der Waals surface area contributed by atoms with Crippen LogP contribution in [0, 0.1) is 0 Å². The topological polar surface area (TPSA) is 113 Å². The normalized spacial score (nSPS) is 16.0. The molecule has 144 valence electrons. The molecule has 0 aromatic carbocycles. The second-order valence-electron chi connectivity index (χ2n) is 6.84. The molecule has 1 aromatic rings. The third kappa shape index (κ3) is 6.16. The smallest absolute Gasteiger partial charge is 0.326 e.